The van der Waals surface area contributed by atoms with Gasteiger partial charge in [0.1, 0.15) is 5.82 Å². The van der Waals surface area contributed by atoms with E-state index in [0.717, 1.165) is 12.1 Å². The van der Waals surface area contributed by atoms with Gasteiger partial charge in [0.2, 0.25) is 0 Å². The van der Waals surface area contributed by atoms with Gasteiger partial charge in [0.15, 0.2) is 0 Å². The van der Waals surface area contributed by atoms with Crippen LogP contribution in [0, 0.1) is 11.2 Å². The Hall–Kier alpha value is -2.77. The number of hydrogen-bond acceptors (Lipinski definition) is 2. The third-order valence-electron chi connectivity index (χ3n) is 6.03. The van der Waals surface area contributed by atoms with Crippen LogP contribution in [0.25, 0.3) is 0 Å². The van der Waals surface area contributed by atoms with Crippen LogP contribution in [0.5, 0.6) is 0 Å². The Bertz CT molecular complexity index is 938. The van der Waals surface area contributed by atoms with Crippen LogP contribution in [0.15, 0.2) is 48.5 Å². The molecule has 32 heavy (non-hydrogen) atoms. The van der Waals surface area contributed by atoms with E-state index in [9.17, 15) is 27.5 Å². The predicted molar refractivity (Wildman–Crippen MR) is 115 cm³/mol. The maximum atomic E-state index is 14.0. The minimum absolute atomic E-state index is 0.0982. The normalized spacial score (nSPS) is 19.7. The molecule has 0 aliphatic carbocycles. The second kappa shape index (κ2) is 9.00. The van der Waals surface area contributed by atoms with E-state index in [4.69, 9.17) is 0 Å². The zero-order valence-electron chi connectivity index (χ0n) is 18.4. The van der Waals surface area contributed by atoms with Gasteiger partial charge in [-0.3, -0.25) is 0 Å². The molecule has 0 radical (unpaired) electrons. The average molecular weight is 452 g/mol. The molecule has 1 aliphatic heterocycles. The van der Waals surface area contributed by atoms with Crippen LogP contribution in [0.3, 0.4) is 0 Å². The van der Waals surface area contributed by atoms with Crippen LogP contribution in [0.4, 0.5) is 28.0 Å². The zero-order valence-corrected chi connectivity index (χ0v) is 18.4. The summed E-state index contributed by atoms with van der Waals surface area (Å²) >= 11 is 0. The molecule has 2 aromatic carbocycles. The van der Waals surface area contributed by atoms with E-state index in [1.165, 1.54) is 29.2 Å². The summed E-state index contributed by atoms with van der Waals surface area (Å²) in [5, 5.41) is 9.65. The number of carbonyl (C=O) groups is 1. The summed E-state index contributed by atoms with van der Waals surface area (Å²) in [6, 6.07) is 10.7. The lowest BCUT2D eigenvalue weighted by atomic mass is 9.78. The monoisotopic (exact) mass is 452 g/mol. The van der Waals surface area contributed by atoms with Gasteiger partial charge in [0.05, 0.1) is 5.56 Å². The third-order valence-corrected chi connectivity index (χ3v) is 6.03. The van der Waals surface area contributed by atoms with E-state index in [0.29, 0.717) is 30.6 Å². The molecular formula is C24H28F4N2O2. The van der Waals surface area contributed by atoms with Crippen molar-refractivity contribution in [1.82, 2.24) is 4.90 Å². The molecule has 8 heteroatoms. The summed E-state index contributed by atoms with van der Waals surface area (Å²) < 4.78 is 52.8. The molecule has 2 aromatic rings. The highest BCUT2D eigenvalue weighted by Gasteiger charge is 2.40. The predicted octanol–water partition coefficient (Wildman–Crippen LogP) is 6.41. The molecule has 0 aromatic heterocycles. The number of carboxylic acid groups (broad SMARTS) is 1. The fourth-order valence-corrected chi connectivity index (χ4v) is 4.36. The molecule has 1 N–H and O–H groups in total. The molecule has 1 aliphatic rings. The molecule has 4 nitrogen and oxygen atoms in total. The fraction of sp³-hybridized carbons (Fsp3) is 0.458. The molecule has 1 fully saturated rings. The van der Waals surface area contributed by atoms with Crippen molar-refractivity contribution < 1.29 is 27.5 Å². The van der Waals surface area contributed by atoms with Crippen molar-refractivity contribution in [1.29, 1.82) is 0 Å². The molecule has 2 unspecified atom stereocenters. The standard InChI is InChI=1S/C24H28F4N2O2/c1-23(2,3)21-14-20(11-12-29(21)22(31)32)30(19-6-4-5-18(25)13-19)15-16-7-9-17(10-8-16)24(26,27)28/h4-10,13,20-21H,11-12,14-15H2,1-3H3,(H,31,32). The summed E-state index contributed by atoms with van der Waals surface area (Å²) in [4.78, 5) is 15.2. The van der Waals surface area contributed by atoms with Gasteiger partial charge in [-0.15, -0.1) is 0 Å². The first-order chi connectivity index (χ1) is 14.9. The highest BCUT2D eigenvalue weighted by Crippen LogP contribution is 2.36. The zero-order chi connectivity index (χ0) is 23.7. The van der Waals surface area contributed by atoms with Crippen molar-refractivity contribution in [3.05, 3.63) is 65.5 Å². The Balaban J connectivity index is 1.92. The summed E-state index contributed by atoms with van der Waals surface area (Å²) in [7, 11) is 0. The highest BCUT2D eigenvalue weighted by molar-refractivity contribution is 5.66. The Morgan fingerprint density at radius 1 is 1.12 bits per heavy atom. The van der Waals surface area contributed by atoms with Crippen LogP contribution >= 0.6 is 0 Å². The largest absolute Gasteiger partial charge is 0.465 e. The molecule has 2 atom stereocenters. The molecular weight excluding hydrogens is 424 g/mol. The Kier molecular flexibility index (Phi) is 6.72. The van der Waals surface area contributed by atoms with Crippen molar-refractivity contribution >= 4 is 11.8 Å². The van der Waals surface area contributed by atoms with Crippen LogP contribution < -0.4 is 4.90 Å². The Labute approximate surface area is 185 Å². The van der Waals surface area contributed by atoms with E-state index in [1.807, 2.05) is 25.7 Å². The van der Waals surface area contributed by atoms with Gasteiger partial charge < -0.3 is 14.9 Å². The molecule has 1 amide bonds. The van der Waals surface area contributed by atoms with E-state index < -0.39 is 23.7 Å². The molecule has 0 saturated carbocycles. The Morgan fingerprint density at radius 3 is 2.31 bits per heavy atom. The number of likely N-dealkylation sites (tertiary alicyclic amines) is 1. The number of amides is 1. The van der Waals surface area contributed by atoms with Gasteiger partial charge in [0, 0.05) is 30.9 Å². The summed E-state index contributed by atoms with van der Waals surface area (Å²) in [5.74, 6) is -0.407. The van der Waals surface area contributed by atoms with Crippen LogP contribution in [0.2, 0.25) is 0 Å². The van der Waals surface area contributed by atoms with E-state index in [-0.39, 0.29) is 24.0 Å². The van der Waals surface area contributed by atoms with Crippen LogP contribution in [0.1, 0.15) is 44.7 Å². The van der Waals surface area contributed by atoms with Gasteiger partial charge in [0.25, 0.3) is 0 Å². The summed E-state index contributed by atoms with van der Waals surface area (Å²) in [6.45, 7) is 6.58. The van der Waals surface area contributed by atoms with Gasteiger partial charge in [-0.2, -0.15) is 13.2 Å². The summed E-state index contributed by atoms with van der Waals surface area (Å²) in [6.07, 6.45) is -4.31. The van der Waals surface area contributed by atoms with Crippen molar-refractivity contribution in [3.63, 3.8) is 0 Å². The molecule has 0 spiro atoms. The minimum Gasteiger partial charge on any atom is -0.465 e. The van der Waals surface area contributed by atoms with Crippen molar-refractivity contribution in [2.24, 2.45) is 5.41 Å². The highest BCUT2D eigenvalue weighted by atomic mass is 19.4. The maximum Gasteiger partial charge on any atom is 0.416 e. The summed E-state index contributed by atoms with van der Waals surface area (Å²) in [5.41, 5.74) is 0.252. The minimum atomic E-state index is -4.41. The van der Waals surface area contributed by atoms with Gasteiger partial charge in [-0.05, 0) is 54.2 Å². The van der Waals surface area contributed by atoms with E-state index in [1.54, 1.807) is 12.1 Å². The third kappa shape index (κ3) is 5.53. The van der Waals surface area contributed by atoms with E-state index in [2.05, 4.69) is 0 Å². The lowest BCUT2D eigenvalue weighted by molar-refractivity contribution is -0.137. The number of benzene rings is 2. The number of hydrogen-bond donors (Lipinski definition) is 1. The average Bonchev–Trinajstić information content (AvgIpc) is 2.70. The molecule has 3 rings (SSSR count). The number of nitrogens with zero attached hydrogens (tertiary/aromatic N) is 2. The number of alkyl halides is 3. The van der Waals surface area contributed by atoms with Gasteiger partial charge in [-0.25, -0.2) is 9.18 Å². The van der Waals surface area contributed by atoms with E-state index >= 15 is 0 Å². The van der Waals surface area contributed by atoms with Crippen molar-refractivity contribution in [2.75, 3.05) is 11.4 Å². The topological polar surface area (TPSA) is 43.8 Å². The Morgan fingerprint density at radius 2 is 1.78 bits per heavy atom. The SMILES string of the molecule is CC(C)(C)C1CC(N(Cc2ccc(C(F)(F)F)cc2)c2cccc(F)c2)CCN1C(=O)O. The fourth-order valence-electron chi connectivity index (χ4n) is 4.36. The van der Waals surface area contributed by atoms with Gasteiger partial charge in [-0.1, -0.05) is 39.0 Å². The molecule has 0 bridgehead atoms. The first-order valence-electron chi connectivity index (χ1n) is 10.5. The van der Waals surface area contributed by atoms with Crippen molar-refractivity contribution in [3.8, 4) is 0 Å². The first-order valence-corrected chi connectivity index (χ1v) is 10.5. The number of piperidine rings is 1. The number of rotatable bonds is 4. The number of anilines is 1. The lowest BCUT2D eigenvalue weighted by Gasteiger charge is -2.48. The second-order valence-electron chi connectivity index (χ2n) is 9.34. The molecule has 1 saturated heterocycles. The maximum absolute atomic E-state index is 14.0. The lowest BCUT2D eigenvalue weighted by Crippen LogP contribution is -2.56. The van der Waals surface area contributed by atoms with Crippen LogP contribution in [-0.2, 0) is 12.7 Å². The quantitative estimate of drug-likeness (QED) is 0.546. The van der Waals surface area contributed by atoms with Gasteiger partial charge >= 0.3 is 12.3 Å². The first kappa shape index (κ1) is 23.9. The van der Waals surface area contributed by atoms with Crippen molar-refractivity contribution in [2.45, 2.75) is 58.4 Å². The smallest absolute Gasteiger partial charge is 0.416 e. The molecule has 1 heterocycles. The molecule has 174 valence electrons. The number of halogens is 4. The van der Waals surface area contributed by atoms with Crippen LogP contribution in [-0.4, -0.2) is 34.7 Å². The second-order valence-corrected chi connectivity index (χ2v) is 9.34.